The third-order valence-corrected chi connectivity index (χ3v) is 3.55. The van der Waals surface area contributed by atoms with Gasteiger partial charge in [-0.05, 0) is 19.4 Å². The second kappa shape index (κ2) is 8.93. The molecular formula is C16H29N3O. The number of pyridine rings is 1. The molecule has 0 fully saturated rings. The summed E-state index contributed by atoms with van der Waals surface area (Å²) in [5, 5.41) is 3.47. The van der Waals surface area contributed by atoms with E-state index in [1.165, 1.54) is 11.3 Å². The summed E-state index contributed by atoms with van der Waals surface area (Å²) >= 11 is 0. The van der Waals surface area contributed by atoms with E-state index in [0.717, 1.165) is 26.1 Å². The molecule has 4 nitrogen and oxygen atoms in total. The summed E-state index contributed by atoms with van der Waals surface area (Å²) < 4.78 is 5.25. The van der Waals surface area contributed by atoms with Crippen LogP contribution >= 0.6 is 0 Å². The number of hydrogen-bond acceptors (Lipinski definition) is 4. The average molecular weight is 279 g/mol. The maximum Gasteiger partial charge on any atom is 0.0637 e. The van der Waals surface area contributed by atoms with Gasteiger partial charge in [0.15, 0.2) is 0 Å². The molecule has 0 radical (unpaired) electrons. The SMILES string of the molecule is CCC(C)N(CCOC)c1ccncc1CNC(C)C. The molecule has 1 rings (SSSR count). The molecule has 1 unspecified atom stereocenters. The predicted molar refractivity (Wildman–Crippen MR) is 85.2 cm³/mol. The first kappa shape index (κ1) is 16.9. The zero-order valence-electron chi connectivity index (χ0n) is 13.5. The Kier molecular flexibility index (Phi) is 7.55. The lowest BCUT2D eigenvalue weighted by molar-refractivity contribution is 0.203. The van der Waals surface area contributed by atoms with Crippen molar-refractivity contribution in [3.05, 3.63) is 24.0 Å². The maximum absolute atomic E-state index is 5.25. The lowest BCUT2D eigenvalue weighted by atomic mass is 10.1. The molecule has 4 heteroatoms. The molecule has 0 saturated carbocycles. The van der Waals surface area contributed by atoms with Crippen LogP contribution in [0, 0.1) is 0 Å². The van der Waals surface area contributed by atoms with Crippen LogP contribution in [0.1, 0.15) is 39.7 Å². The van der Waals surface area contributed by atoms with E-state index in [1.54, 1.807) is 7.11 Å². The van der Waals surface area contributed by atoms with Crippen LogP contribution < -0.4 is 10.2 Å². The van der Waals surface area contributed by atoms with Crippen LogP contribution in [-0.2, 0) is 11.3 Å². The fourth-order valence-corrected chi connectivity index (χ4v) is 2.14. The number of nitrogens with one attached hydrogen (secondary N) is 1. The maximum atomic E-state index is 5.25. The Morgan fingerprint density at radius 2 is 2.10 bits per heavy atom. The standard InChI is InChI=1S/C16H29N3O/c1-6-14(4)19(9-10-20-5)16-7-8-17-11-15(16)12-18-13(2)3/h7-8,11,13-14,18H,6,9-10,12H2,1-5H3. The lowest BCUT2D eigenvalue weighted by Crippen LogP contribution is -2.36. The zero-order valence-corrected chi connectivity index (χ0v) is 13.5. The van der Waals surface area contributed by atoms with Crippen molar-refractivity contribution in [1.29, 1.82) is 0 Å². The van der Waals surface area contributed by atoms with E-state index in [4.69, 9.17) is 4.74 Å². The summed E-state index contributed by atoms with van der Waals surface area (Å²) in [4.78, 5) is 6.69. The van der Waals surface area contributed by atoms with Crippen molar-refractivity contribution in [2.45, 2.75) is 52.7 Å². The number of ether oxygens (including phenoxy) is 1. The first-order valence-electron chi connectivity index (χ1n) is 7.52. The zero-order chi connectivity index (χ0) is 15.0. The van der Waals surface area contributed by atoms with Crippen LogP contribution in [0.3, 0.4) is 0 Å². The van der Waals surface area contributed by atoms with Gasteiger partial charge in [-0.1, -0.05) is 20.8 Å². The summed E-state index contributed by atoms with van der Waals surface area (Å²) in [5.74, 6) is 0. The van der Waals surface area contributed by atoms with Crippen molar-refractivity contribution in [3.63, 3.8) is 0 Å². The van der Waals surface area contributed by atoms with Crippen LogP contribution in [0.2, 0.25) is 0 Å². The van der Waals surface area contributed by atoms with Gasteiger partial charge in [0.05, 0.1) is 6.61 Å². The van der Waals surface area contributed by atoms with Gasteiger partial charge in [-0.25, -0.2) is 0 Å². The number of aromatic nitrogens is 1. The number of anilines is 1. The summed E-state index contributed by atoms with van der Waals surface area (Å²) in [6.45, 7) is 11.3. The largest absolute Gasteiger partial charge is 0.383 e. The van der Waals surface area contributed by atoms with Gasteiger partial charge >= 0.3 is 0 Å². The molecule has 0 saturated heterocycles. The van der Waals surface area contributed by atoms with Crippen LogP contribution in [0.5, 0.6) is 0 Å². The van der Waals surface area contributed by atoms with Gasteiger partial charge in [-0.2, -0.15) is 0 Å². The molecule has 1 aromatic rings. The van der Waals surface area contributed by atoms with E-state index in [-0.39, 0.29) is 0 Å². The fourth-order valence-electron chi connectivity index (χ4n) is 2.14. The monoisotopic (exact) mass is 279 g/mol. The summed E-state index contributed by atoms with van der Waals surface area (Å²) in [6, 6.07) is 3.07. The first-order chi connectivity index (χ1) is 9.60. The van der Waals surface area contributed by atoms with Crippen molar-refractivity contribution in [3.8, 4) is 0 Å². The van der Waals surface area contributed by atoms with Gasteiger partial charge in [0.2, 0.25) is 0 Å². The van der Waals surface area contributed by atoms with Gasteiger partial charge in [-0.3, -0.25) is 4.98 Å². The number of methoxy groups -OCH3 is 1. The van der Waals surface area contributed by atoms with Crippen molar-refractivity contribution >= 4 is 5.69 Å². The van der Waals surface area contributed by atoms with Crippen molar-refractivity contribution < 1.29 is 4.74 Å². The summed E-state index contributed by atoms with van der Waals surface area (Å²) in [5.41, 5.74) is 2.51. The van der Waals surface area contributed by atoms with Gasteiger partial charge in [0.1, 0.15) is 0 Å². The quantitative estimate of drug-likeness (QED) is 0.754. The van der Waals surface area contributed by atoms with Gasteiger partial charge in [0.25, 0.3) is 0 Å². The molecular weight excluding hydrogens is 250 g/mol. The Morgan fingerprint density at radius 3 is 2.70 bits per heavy atom. The fraction of sp³-hybridized carbons (Fsp3) is 0.688. The second-order valence-corrected chi connectivity index (χ2v) is 5.48. The minimum atomic E-state index is 0.471. The van der Waals surface area contributed by atoms with E-state index < -0.39 is 0 Å². The van der Waals surface area contributed by atoms with Crippen molar-refractivity contribution in [2.75, 3.05) is 25.2 Å². The molecule has 0 aromatic carbocycles. The highest BCUT2D eigenvalue weighted by atomic mass is 16.5. The van der Waals surface area contributed by atoms with Crippen LogP contribution in [0.4, 0.5) is 5.69 Å². The molecule has 114 valence electrons. The normalized spacial score (nSPS) is 12.7. The number of rotatable bonds is 9. The highest BCUT2D eigenvalue weighted by molar-refractivity contribution is 5.53. The van der Waals surface area contributed by atoms with Gasteiger partial charge in [-0.15, -0.1) is 0 Å². The topological polar surface area (TPSA) is 37.4 Å². The molecule has 0 aliphatic rings. The Labute approximate surface area is 123 Å². The number of nitrogens with zero attached hydrogens (tertiary/aromatic N) is 2. The number of hydrogen-bond donors (Lipinski definition) is 1. The van der Waals surface area contributed by atoms with Crippen LogP contribution in [0.25, 0.3) is 0 Å². The minimum absolute atomic E-state index is 0.471. The molecule has 0 aliphatic heterocycles. The third kappa shape index (κ3) is 5.10. The van der Waals surface area contributed by atoms with Gasteiger partial charge < -0.3 is 15.0 Å². The third-order valence-electron chi connectivity index (χ3n) is 3.55. The summed E-state index contributed by atoms with van der Waals surface area (Å²) in [7, 11) is 1.75. The highest BCUT2D eigenvalue weighted by Gasteiger charge is 2.16. The Morgan fingerprint density at radius 1 is 1.35 bits per heavy atom. The highest BCUT2D eigenvalue weighted by Crippen LogP contribution is 2.22. The molecule has 1 N–H and O–H groups in total. The molecule has 1 heterocycles. The second-order valence-electron chi connectivity index (χ2n) is 5.48. The van der Waals surface area contributed by atoms with Crippen molar-refractivity contribution in [1.82, 2.24) is 10.3 Å². The predicted octanol–water partition coefficient (Wildman–Crippen LogP) is 2.83. The Balaban J connectivity index is 2.93. The van der Waals surface area contributed by atoms with Crippen LogP contribution in [0.15, 0.2) is 18.5 Å². The molecule has 1 atom stereocenters. The van der Waals surface area contributed by atoms with E-state index in [9.17, 15) is 0 Å². The van der Waals surface area contributed by atoms with E-state index in [0.29, 0.717) is 12.1 Å². The lowest BCUT2D eigenvalue weighted by Gasteiger charge is -2.32. The molecule has 0 aliphatic carbocycles. The van der Waals surface area contributed by atoms with E-state index >= 15 is 0 Å². The van der Waals surface area contributed by atoms with E-state index in [2.05, 4.69) is 49.0 Å². The Hall–Kier alpha value is -1.13. The molecule has 1 aromatic heterocycles. The minimum Gasteiger partial charge on any atom is -0.383 e. The van der Waals surface area contributed by atoms with E-state index in [1.807, 2.05) is 12.4 Å². The van der Waals surface area contributed by atoms with Gasteiger partial charge in [0, 0.05) is 55.9 Å². The average Bonchev–Trinajstić information content (AvgIpc) is 2.46. The Bertz CT molecular complexity index is 382. The summed E-state index contributed by atoms with van der Waals surface area (Å²) in [6.07, 6.45) is 4.95. The molecule has 20 heavy (non-hydrogen) atoms. The smallest absolute Gasteiger partial charge is 0.0637 e. The molecule has 0 bridgehead atoms. The molecule has 0 spiro atoms. The molecule has 0 amide bonds. The first-order valence-corrected chi connectivity index (χ1v) is 7.52. The van der Waals surface area contributed by atoms with Crippen molar-refractivity contribution in [2.24, 2.45) is 0 Å². The van der Waals surface area contributed by atoms with Crippen LogP contribution in [-0.4, -0.2) is 37.3 Å².